The highest BCUT2D eigenvalue weighted by molar-refractivity contribution is 7.92. The molecule has 1 N–H and O–H groups in total. The molecule has 0 amide bonds. The van der Waals surface area contributed by atoms with Crippen molar-refractivity contribution < 1.29 is 34.8 Å². The monoisotopic (exact) mass is 466 g/mol. The maximum absolute atomic E-state index is 13.0. The number of nitriles is 1. The van der Waals surface area contributed by atoms with Gasteiger partial charge in [0.1, 0.15) is 17.6 Å². The Morgan fingerprint density at radius 2 is 1.64 bits per heavy atom. The summed E-state index contributed by atoms with van der Waals surface area (Å²) in [5.41, 5.74) is -8.74. The van der Waals surface area contributed by atoms with Crippen LogP contribution in [0.25, 0.3) is 5.69 Å². The van der Waals surface area contributed by atoms with Gasteiger partial charge in [0.05, 0.1) is 15.6 Å². The van der Waals surface area contributed by atoms with Crippen LogP contribution in [0.1, 0.15) is 11.3 Å². The van der Waals surface area contributed by atoms with Crippen LogP contribution in [0.3, 0.4) is 0 Å². The summed E-state index contributed by atoms with van der Waals surface area (Å²) in [6.45, 7) is 0. The summed E-state index contributed by atoms with van der Waals surface area (Å²) < 4.78 is 101. The first-order valence-electron chi connectivity index (χ1n) is 6.75. The van der Waals surface area contributed by atoms with Crippen molar-refractivity contribution in [3.63, 3.8) is 0 Å². The van der Waals surface area contributed by atoms with Crippen molar-refractivity contribution in [1.29, 1.82) is 5.26 Å². The smallest absolute Gasteiger partial charge is 0.372 e. The molecule has 0 atom stereocenters. The molecule has 2 aromatic rings. The molecule has 0 aliphatic heterocycles. The molecule has 0 fully saturated rings. The van der Waals surface area contributed by atoms with Gasteiger partial charge >= 0.3 is 11.7 Å². The Balaban J connectivity index is 2.90. The van der Waals surface area contributed by atoms with Crippen molar-refractivity contribution in [3.8, 4) is 11.8 Å². The van der Waals surface area contributed by atoms with E-state index in [1.807, 2.05) is 0 Å². The number of alkyl halides is 6. The van der Waals surface area contributed by atoms with Crippen molar-refractivity contribution in [2.24, 2.45) is 0 Å². The molecule has 1 aromatic heterocycles. The molecular weight excluding hydrogens is 461 g/mol. The predicted molar refractivity (Wildman–Crippen MR) is 86.1 cm³/mol. The Kier molecular flexibility index (Phi) is 5.54. The van der Waals surface area contributed by atoms with Crippen LogP contribution in [-0.2, 0) is 16.0 Å². The average Bonchev–Trinajstić information content (AvgIpc) is 2.91. The largest absolute Gasteiger partial charge is 0.502 e. The lowest BCUT2D eigenvalue weighted by Gasteiger charge is -2.15. The number of nitrogens with zero attached hydrogens (tertiary/aromatic N) is 3. The molecule has 0 saturated carbocycles. The average molecular weight is 467 g/mol. The SMILES string of the molecule is CNc1c(S(=O)(=O)C(F)(F)F)c(C#N)nn1-c1c(Cl)cc(C(F)(F)F)cc1Cl. The van der Waals surface area contributed by atoms with E-state index in [1.54, 1.807) is 0 Å². The summed E-state index contributed by atoms with van der Waals surface area (Å²) >= 11 is 11.6. The van der Waals surface area contributed by atoms with Crippen LogP contribution < -0.4 is 5.32 Å². The van der Waals surface area contributed by atoms with Crippen molar-refractivity contribution >= 4 is 38.9 Å². The maximum atomic E-state index is 13.0. The highest BCUT2D eigenvalue weighted by Crippen LogP contribution is 2.41. The summed E-state index contributed by atoms with van der Waals surface area (Å²) in [5, 5.41) is 13.2. The number of hydrogen-bond donors (Lipinski definition) is 1. The Morgan fingerprint density at radius 1 is 1.14 bits per heavy atom. The molecule has 0 bridgehead atoms. The van der Waals surface area contributed by atoms with E-state index >= 15 is 0 Å². The van der Waals surface area contributed by atoms with Crippen molar-refractivity contribution in [2.75, 3.05) is 12.4 Å². The maximum Gasteiger partial charge on any atom is 0.502 e. The van der Waals surface area contributed by atoms with E-state index in [9.17, 15) is 34.8 Å². The van der Waals surface area contributed by atoms with Gasteiger partial charge in [0, 0.05) is 7.05 Å². The number of anilines is 1. The molecular formula is C13H6Cl2F6N4O2S. The van der Waals surface area contributed by atoms with Crippen LogP contribution in [0.4, 0.5) is 32.2 Å². The minimum atomic E-state index is -6.04. The lowest BCUT2D eigenvalue weighted by molar-refractivity contribution is -0.137. The molecule has 0 radical (unpaired) electrons. The number of aromatic nitrogens is 2. The molecule has 28 heavy (non-hydrogen) atoms. The molecule has 6 nitrogen and oxygen atoms in total. The normalized spacial score (nSPS) is 12.7. The standard InChI is InChI=1S/C13H6Cl2F6N4O2S/c1-23-11-10(28(26,27)13(19,20)21)8(4-22)24-25(11)9-6(14)2-5(3-7(9)15)12(16,17)18/h2-3,23H,1H3. The van der Waals surface area contributed by atoms with Crippen molar-refractivity contribution in [2.45, 2.75) is 16.6 Å². The van der Waals surface area contributed by atoms with Crippen molar-refractivity contribution in [3.05, 3.63) is 33.4 Å². The van der Waals surface area contributed by atoms with Gasteiger partial charge in [0.15, 0.2) is 10.6 Å². The van der Waals surface area contributed by atoms with Crippen LogP contribution in [-0.4, -0.2) is 30.8 Å². The zero-order chi connectivity index (χ0) is 21.7. The molecule has 0 unspecified atom stereocenters. The van der Waals surface area contributed by atoms with Gasteiger partial charge in [0.25, 0.3) is 9.84 Å². The first-order chi connectivity index (χ1) is 12.7. The fourth-order valence-corrected chi connectivity index (χ4v) is 3.82. The minimum Gasteiger partial charge on any atom is -0.372 e. The quantitative estimate of drug-likeness (QED) is 0.677. The number of sulfone groups is 1. The van der Waals surface area contributed by atoms with E-state index in [0.717, 1.165) is 7.05 Å². The fourth-order valence-electron chi connectivity index (χ4n) is 2.16. The van der Waals surface area contributed by atoms with E-state index in [-0.39, 0.29) is 0 Å². The second-order valence-electron chi connectivity index (χ2n) is 5.04. The summed E-state index contributed by atoms with van der Waals surface area (Å²) in [6, 6.07) is 2.04. The lowest BCUT2D eigenvalue weighted by Crippen LogP contribution is -2.24. The first kappa shape index (κ1) is 22.1. The van der Waals surface area contributed by atoms with Gasteiger partial charge in [-0.05, 0) is 12.1 Å². The number of hydrogen-bond acceptors (Lipinski definition) is 5. The second kappa shape index (κ2) is 7.02. The van der Waals surface area contributed by atoms with Crippen molar-refractivity contribution in [1.82, 2.24) is 9.78 Å². The zero-order valence-corrected chi connectivity index (χ0v) is 15.6. The first-order valence-corrected chi connectivity index (χ1v) is 8.99. The van der Waals surface area contributed by atoms with Gasteiger partial charge in [-0.15, -0.1) is 0 Å². The van der Waals surface area contributed by atoms with Crippen LogP contribution in [0.15, 0.2) is 17.0 Å². The predicted octanol–water partition coefficient (Wildman–Crippen LogP) is 4.40. The molecule has 0 aliphatic carbocycles. The molecule has 0 saturated heterocycles. The number of benzene rings is 1. The molecule has 0 spiro atoms. The fraction of sp³-hybridized carbons (Fsp3) is 0.231. The Bertz CT molecular complexity index is 1060. The number of halogens is 8. The second-order valence-corrected chi connectivity index (χ2v) is 7.73. The van der Waals surface area contributed by atoms with Gasteiger partial charge in [0.2, 0.25) is 0 Å². The van der Waals surface area contributed by atoms with Gasteiger partial charge in [-0.25, -0.2) is 13.1 Å². The van der Waals surface area contributed by atoms with E-state index in [2.05, 4.69) is 10.4 Å². The highest BCUT2D eigenvalue weighted by Gasteiger charge is 2.51. The van der Waals surface area contributed by atoms with Gasteiger partial charge in [-0.1, -0.05) is 23.2 Å². The Labute approximate surface area is 163 Å². The molecule has 2 rings (SSSR count). The third-order valence-corrected chi connectivity index (χ3v) is 5.42. The van der Waals surface area contributed by atoms with E-state index in [0.29, 0.717) is 16.8 Å². The third kappa shape index (κ3) is 3.59. The van der Waals surface area contributed by atoms with Crippen LogP contribution in [0.2, 0.25) is 10.0 Å². The molecule has 1 heterocycles. The van der Waals surface area contributed by atoms with E-state index in [4.69, 9.17) is 28.5 Å². The molecule has 0 aliphatic rings. The molecule has 152 valence electrons. The van der Waals surface area contributed by atoms with Gasteiger partial charge in [-0.3, -0.25) is 0 Å². The van der Waals surface area contributed by atoms with E-state index < -0.39 is 59.2 Å². The summed E-state index contributed by atoms with van der Waals surface area (Å²) in [5.74, 6) is -0.863. The third-order valence-electron chi connectivity index (χ3n) is 3.31. The summed E-state index contributed by atoms with van der Waals surface area (Å²) in [6.07, 6.45) is -4.83. The number of nitrogens with one attached hydrogen (secondary N) is 1. The zero-order valence-electron chi connectivity index (χ0n) is 13.2. The Hall–Kier alpha value is -2.17. The van der Waals surface area contributed by atoms with E-state index in [1.165, 1.54) is 6.07 Å². The van der Waals surface area contributed by atoms with Gasteiger partial charge < -0.3 is 5.32 Å². The van der Waals surface area contributed by atoms with Crippen LogP contribution >= 0.6 is 23.2 Å². The summed E-state index contributed by atoms with van der Waals surface area (Å²) in [4.78, 5) is -1.52. The minimum absolute atomic E-state index is 0.419. The Morgan fingerprint density at radius 3 is 2.00 bits per heavy atom. The molecule has 15 heteroatoms. The number of rotatable bonds is 3. The topological polar surface area (TPSA) is 87.8 Å². The van der Waals surface area contributed by atoms with Gasteiger partial charge in [-0.2, -0.15) is 36.7 Å². The van der Waals surface area contributed by atoms with Crippen LogP contribution in [0.5, 0.6) is 0 Å². The molecule has 1 aromatic carbocycles. The lowest BCUT2D eigenvalue weighted by atomic mass is 10.2. The summed E-state index contributed by atoms with van der Waals surface area (Å²) in [7, 11) is -5.03. The van der Waals surface area contributed by atoms with Crippen LogP contribution in [0, 0.1) is 11.3 Å². The highest BCUT2D eigenvalue weighted by atomic mass is 35.5.